The molecule has 4 rings (SSSR count). The van der Waals surface area contributed by atoms with Gasteiger partial charge in [0.1, 0.15) is 10.3 Å². The Kier molecular flexibility index (Phi) is 6.85. The highest BCUT2D eigenvalue weighted by molar-refractivity contribution is 9.10. The smallest absolute Gasteiger partial charge is 0.266 e. The molecule has 11 heteroatoms. The van der Waals surface area contributed by atoms with Crippen LogP contribution < -0.4 is 4.80 Å². The van der Waals surface area contributed by atoms with Crippen molar-refractivity contribution in [1.29, 1.82) is 0 Å². The number of allylic oxidation sites excluding steroid dienone is 1. The van der Waals surface area contributed by atoms with Crippen LogP contribution in [0.5, 0.6) is 0 Å². The van der Waals surface area contributed by atoms with E-state index in [-0.39, 0.29) is 10.8 Å². The van der Waals surface area contributed by atoms with Crippen molar-refractivity contribution in [1.82, 2.24) is 8.87 Å². The van der Waals surface area contributed by atoms with Gasteiger partial charge < -0.3 is 4.57 Å². The average molecular weight is 561 g/mol. The predicted molar refractivity (Wildman–Crippen MR) is 129 cm³/mol. The third-order valence-electron chi connectivity index (χ3n) is 5.01. The number of amides is 1. The third kappa shape index (κ3) is 4.60. The van der Waals surface area contributed by atoms with Gasteiger partial charge in [0.05, 0.1) is 14.6 Å². The van der Waals surface area contributed by atoms with Crippen molar-refractivity contribution in [3.8, 4) is 0 Å². The van der Waals surface area contributed by atoms with E-state index in [1.807, 2.05) is 22.8 Å². The number of thiazole rings is 1. The summed E-state index contributed by atoms with van der Waals surface area (Å²) in [5.74, 6) is -0.450. The van der Waals surface area contributed by atoms with Crippen molar-refractivity contribution in [3.05, 3.63) is 56.6 Å². The van der Waals surface area contributed by atoms with Gasteiger partial charge in [0.15, 0.2) is 4.80 Å². The molecule has 0 spiro atoms. The van der Waals surface area contributed by atoms with Crippen molar-refractivity contribution in [2.45, 2.75) is 36.1 Å². The van der Waals surface area contributed by atoms with Crippen LogP contribution >= 0.6 is 50.2 Å². The average Bonchev–Trinajstić information content (AvgIpc) is 3.32. The van der Waals surface area contributed by atoms with E-state index < -0.39 is 22.0 Å². The van der Waals surface area contributed by atoms with Crippen LogP contribution in [0.1, 0.15) is 19.3 Å². The molecule has 0 N–H and O–H groups in total. The molecule has 3 aromatic rings. The number of hydrogen-bond acceptors (Lipinski definition) is 5. The van der Waals surface area contributed by atoms with Gasteiger partial charge >= 0.3 is 0 Å². The number of aromatic nitrogens is 1. The van der Waals surface area contributed by atoms with Gasteiger partial charge in [-0.05, 0) is 43.2 Å². The maximum Gasteiger partial charge on any atom is 0.266 e. The number of sulfonamides is 1. The monoisotopic (exact) mass is 559 g/mol. The number of thiophene rings is 1. The van der Waals surface area contributed by atoms with Crippen LogP contribution in [0.15, 0.2) is 56.7 Å². The van der Waals surface area contributed by atoms with Crippen molar-refractivity contribution < 1.29 is 13.2 Å². The number of carbonyl (C=O) groups excluding carboxylic acids is 1. The Bertz CT molecular complexity index is 1330. The fourth-order valence-corrected chi connectivity index (χ4v) is 8.46. The summed E-state index contributed by atoms with van der Waals surface area (Å²) < 4.78 is 32.0. The Hall–Kier alpha value is -1.30. The molecule has 1 unspecified atom stereocenters. The van der Waals surface area contributed by atoms with Crippen molar-refractivity contribution in [3.63, 3.8) is 0 Å². The van der Waals surface area contributed by atoms with Gasteiger partial charge in [-0.1, -0.05) is 51.4 Å². The predicted octanol–water partition coefficient (Wildman–Crippen LogP) is 5.04. The van der Waals surface area contributed by atoms with Gasteiger partial charge in [0, 0.05) is 17.6 Å². The van der Waals surface area contributed by atoms with Gasteiger partial charge in [0.25, 0.3) is 15.9 Å². The minimum atomic E-state index is -3.82. The second-order valence-electron chi connectivity index (χ2n) is 7.03. The standard InChI is InChI=1S/C20H19BrClN3O3S3/c1-2-10-24-14-7-6-13(21)12-16(14)29-20(24)23-19(26)15-5-3-4-11-25(15)31(27,28)18-9-8-17(22)30-18/h2,6-9,12,15H,1,3-5,10-11H2. The molecule has 1 atom stereocenters. The molecule has 0 radical (unpaired) electrons. The van der Waals surface area contributed by atoms with Gasteiger partial charge in [-0.2, -0.15) is 9.30 Å². The number of rotatable bonds is 5. The van der Waals surface area contributed by atoms with E-state index in [9.17, 15) is 13.2 Å². The van der Waals surface area contributed by atoms with Gasteiger partial charge in [-0.25, -0.2) is 8.42 Å². The Morgan fingerprint density at radius 1 is 1.29 bits per heavy atom. The van der Waals surface area contributed by atoms with Crippen LogP contribution in [0.2, 0.25) is 4.34 Å². The highest BCUT2D eigenvalue weighted by Crippen LogP contribution is 2.32. The lowest BCUT2D eigenvalue weighted by atomic mass is 10.0. The summed E-state index contributed by atoms with van der Waals surface area (Å²) in [6, 6.07) is 8.08. The van der Waals surface area contributed by atoms with Crippen molar-refractivity contribution in [2.75, 3.05) is 6.54 Å². The second kappa shape index (κ2) is 9.29. The SMILES string of the molecule is C=CCn1c(=NC(=O)C2CCCCN2S(=O)(=O)c2ccc(Cl)s2)sc2cc(Br)ccc21. The lowest BCUT2D eigenvalue weighted by molar-refractivity contribution is -0.122. The van der Waals surface area contributed by atoms with E-state index in [0.717, 1.165) is 32.4 Å². The molecular formula is C20H19BrClN3O3S3. The molecule has 1 aromatic carbocycles. The number of hydrogen-bond donors (Lipinski definition) is 0. The van der Waals surface area contributed by atoms with Crippen LogP contribution in [-0.2, 0) is 21.4 Å². The lowest BCUT2D eigenvalue weighted by Gasteiger charge is -2.31. The van der Waals surface area contributed by atoms with E-state index in [4.69, 9.17) is 11.6 Å². The number of halogens is 2. The molecule has 0 saturated carbocycles. The maximum atomic E-state index is 13.2. The van der Waals surface area contributed by atoms with Gasteiger partial charge in [-0.3, -0.25) is 4.79 Å². The molecule has 164 valence electrons. The largest absolute Gasteiger partial charge is 0.313 e. The minimum absolute atomic E-state index is 0.144. The van der Waals surface area contributed by atoms with Crippen LogP contribution in [0.25, 0.3) is 10.2 Å². The molecule has 6 nitrogen and oxygen atoms in total. The van der Waals surface area contributed by atoms with Crippen molar-refractivity contribution >= 4 is 76.4 Å². The number of piperidine rings is 1. The zero-order chi connectivity index (χ0) is 22.2. The van der Waals surface area contributed by atoms with Crippen molar-refractivity contribution in [2.24, 2.45) is 4.99 Å². The first-order valence-corrected chi connectivity index (χ1v) is 13.8. The number of fused-ring (bicyclic) bond motifs is 1. The normalized spacial score (nSPS) is 18.5. The van der Waals surface area contributed by atoms with E-state index in [0.29, 0.717) is 28.5 Å². The first kappa shape index (κ1) is 22.9. The van der Waals surface area contributed by atoms with Gasteiger partial charge in [-0.15, -0.1) is 17.9 Å². The lowest BCUT2D eigenvalue weighted by Crippen LogP contribution is -2.47. The zero-order valence-electron chi connectivity index (χ0n) is 16.3. The molecule has 2 aromatic heterocycles. The summed E-state index contributed by atoms with van der Waals surface area (Å²) >= 11 is 11.8. The summed E-state index contributed by atoms with van der Waals surface area (Å²) in [7, 11) is -3.82. The highest BCUT2D eigenvalue weighted by Gasteiger charge is 2.38. The summed E-state index contributed by atoms with van der Waals surface area (Å²) in [4.78, 5) is 18.1. The fraction of sp³-hybridized carbons (Fsp3) is 0.300. The van der Waals surface area contributed by atoms with Crippen LogP contribution in [-0.4, -0.2) is 35.8 Å². The van der Waals surface area contributed by atoms with Crippen LogP contribution in [0, 0.1) is 0 Å². The molecule has 1 fully saturated rings. The topological polar surface area (TPSA) is 71.7 Å². The highest BCUT2D eigenvalue weighted by atomic mass is 79.9. The number of nitrogens with zero attached hydrogens (tertiary/aromatic N) is 3. The molecule has 1 amide bonds. The van der Waals surface area contributed by atoms with E-state index >= 15 is 0 Å². The molecule has 0 aliphatic carbocycles. The number of carbonyl (C=O) groups is 1. The molecule has 1 aliphatic rings. The summed E-state index contributed by atoms with van der Waals surface area (Å²) in [6.45, 7) is 4.58. The Labute approximate surface area is 201 Å². The number of benzene rings is 1. The molecule has 1 aliphatic heterocycles. The van der Waals surface area contributed by atoms with E-state index in [1.165, 1.54) is 21.7 Å². The zero-order valence-corrected chi connectivity index (χ0v) is 21.1. The van der Waals surface area contributed by atoms with Gasteiger partial charge in [0.2, 0.25) is 0 Å². The Morgan fingerprint density at radius 3 is 2.81 bits per heavy atom. The van der Waals surface area contributed by atoms with E-state index in [1.54, 1.807) is 12.1 Å². The molecule has 31 heavy (non-hydrogen) atoms. The first-order chi connectivity index (χ1) is 14.8. The second-order valence-corrected chi connectivity index (χ2v) is 12.8. The van der Waals surface area contributed by atoms with Crippen LogP contribution in [0.3, 0.4) is 0 Å². The summed E-state index contributed by atoms with van der Waals surface area (Å²) in [5, 5.41) is 0. The summed E-state index contributed by atoms with van der Waals surface area (Å²) in [6.07, 6.45) is 3.67. The molecule has 0 bridgehead atoms. The molecule has 3 heterocycles. The molecule has 1 saturated heterocycles. The quantitative estimate of drug-likeness (QED) is 0.411. The molecular weight excluding hydrogens is 542 g/mol. The van der Waals surface area contributed by atoms with Crippen LogP contribution in [0.4, 0.5) is 0 Å². The minimum Gasteiger partial charge on any atom is -0.313 e. The Balaban J connectivity index is 1.75. The Morgan fingerprint density at radius 2 is 2.10 bits per heavy atom. The van der Waals surface area contributed by atoms with E-state index in [2.05, 4.69) is 27.5 Å². The fourth-order valence-electron chi connectivity index (χ4n) is 3.60. The maximum absolute atomic E-state index is 13.2. The summed E-state index contributed by atoms with van der Waals surface area (Å²) in [5.41, 5.74) is 0.945. The first-order valence-electron chi connectivity index (χ1n) is 9.57. The third-order valence-corrected chi connectivity index (χ3v) is 10.2.